The molecular formula is C19H26N2O2. The van der Waals surface area contributed by atoms with Crippen molar-refractivity contribution in [1.29, 1.82) is 0 Å². The van der Waals surface area contributed by atoms with Gasteiger partial charge in [0.05, 0.1) is 0 Å². The summed E-state index contributed by atoms with van der Waals surface area (Å²) in [5.74, 6) is 0.556. The van der Waals surface area contributed by atoms with Crippen molar-refractivity contribution in [2.75, 3.05) is 31.6 Å². The molecule has 0 radical (unpaired) electrons. The van der Waals surface area contributed by atoms with Crippen molar-refractivity contribution in [2.45, 2.75) is 44.6 Å². The van der Waals surface area contributed by atoms with E-state index >= 15 is 0 Å². The van der Waals surface area contributed by atoms with Crippen molar-refractivity contribution in [3.8, 4) is 0 Å². The van der Waals surface area contributed by atoms with E-state index in [0.29, 0.717) is 5.92 Å². The molecule has 4 nitrogen and oxygen atoms in total. The molecule has 3 fully saturated rings. The summed E-state index contributed by atoms with van der Waals surface area (Å²) in [6.45, 7) is 3.24. The van der Waals surface area contributed by atoms with E-state index in [1.807, 2.05) is 7.05 Å². The standard InChI is InChI=1S/C19H26N2O2/c1-20(17-7-6-14-4-2-3-5-16(14)12-17)19(22)23-18-13-21-10-8-15(18)9-11-21/h6-7,12,15,18H,2-5,8-11,13H2,1H3. The number of carbonyl (C=O) groups excluding carboxylic acids is 1. The Labute approximate surface area is 138 Å². The molecule has 1 aliphatic carbocycles. The van der Waals surface area contributed by atoms with E-state index < -0.39 is 0 Å². The molecule has 0 aromatic heterocycles. The average molecular weight is 314 g/mol. The van der Waals surface area contributed by atoms with Crippen LogP contribution in [-0.4, -0.2) is 43.8 Å². The first kappa shape index (κ1) is 15.0. The minimum atomic E-state index is -0.209. The smallest absolute Gasteiger partial charge is 0.414 e. The summed E-state index contributed by atoms with van der Waals surface area (Å²) in [6, 6.07) is 6.41. The van der Waals surface area contributed by atoms with Crippen LogP contribution < -0.4 is 4.90 Å². The Morgan fingerprint density at radius 1 is 1.17 bits per heavy atom. The number of amides is 1. The fraction of sp³-hybridized carbons (Fsp3) is 0.632. The Kier molecular flexibility index (Phi) is 4.02. The molecule has 124 valence electrons. The number of piperidine rings is 3. The number of hydrogen-bond donors (Lipinski definition) is 0. The minimum absolute atomic E-state index is 0.0741. The molecule has 3 aliphatic heterocycles. The molecule has 1 amide bonds. The van der Waals surface area contributed by atoms with Crippen LogP contribution in [0, 0.1) is 5.92 Å². The van der Waals surface area contributed by atoms with Gasteiger partial charge in [-0.1, -0.05) is 6.07 Å². The molecule has 0 saturated carbocycles. The number of nitrogens with zero attached hydrogens (tertiary/aromatic N) is 2. The van der Waals surface area contributed by atoms with Crippen LogP contribution in [-0.2, 0) is 17.6 Å². The van der Waals surface area contributed by atoms with Crippen LogP contribution in [0.15, 0.2) is 18.2 Å². The summed E-state index contributed by atoms with van der Waals surface area (Å²) in [4.78, 5) is 16.6. The monoisotopic (exact) mass is 314 g/mol. The maximum atomic E-state index is 12.5. The van der Waals surface area contributed by atoms with Gasteiger partial charge in [0.25, 0.3) is 0 Å². The normalized spacial score (nSPS) is 29.0. The van der Waals surface area contributed by atoms with E-state index in [4.69, 9.17) is 4.74 Å². The summed E-state index contributed by atoms with van der Waals surface area (Å²) in [5, 5.41) is 0. The molecule has 3 saturated heterocycles. The summed E-state index contributed by atoms with van der Waals surface area (Å²) in [7, 11) is 1.83. The fourth-order valence-corrected chi connectivity index (χ4v) is 4.29. The number of benzene rings is 1. The molecule has 5 rings (SSSR count). The maximum absolute atomic E-state index is 12.5. The van der Waals surface area contributed by atoms with Gasteiger partial charge in [-0.2, -0.15) is 0 Å². The quantitative estimate of drug-likeness (QED) is 0.840. The first-order chi connectivity index (χ1) is 11.2. The van der Waals surface area contributed by atoms with E-state index in [1.54, 1.807) is 4.90 Å². The summed E-state index contributed by atoms with van der Waals surface area (Å²) >= 11 is 0. The van der Waals surface area contributed by atoms with Crippen molar-refractivity contribution >= 4 is 11.8 Å². The second-order valence-corrected chi connectivity index (χ2v) is 7.28. The molecule has 0 N–H and O–H groups in total. The van der Waals surface area contributed by atoms with Gasteiger partial charge in [0, 0.05) is 19.3 Å². The highest BCUT2D eigenvalue weighted by molar-refractivity contribution is 5.87. The van der Waals surface area contributed by atoms with Gasteiger partial charge in [0.2, 0.25) is 0 Å². The van der Waals surface area contributed by atoms with Crippen LogP contribution in [0.4, 0.5) is 10.5 Å². The predicted molar refractivity (Wildman–Crippen MR) is 90.9 cm³/mol. The first-order valence-corrected chi connectivity index (χ1v) is 8.99. The Morgan fingerprint density at radius 2 is 1.91 bits per heavy atom. The van der Waals surface area contributed by atoms with Crippen LogP contribution >= 0.6 is 0 Å². The molecule has 1 aromatic carbocycles. The van der Waals surface area contributed by atoms with Gasteiger partial charge in [-0.3, -0.25) is 9.80 Å². The van der Waals surface area contributed by atoms with Gasteiger partial charge in [0.15, 0.2) is 0 Å². The van der Waals surface area contributed by atoms with Crippen LogP contribution in [0.3, 0.4) is 0 Å². The van der Waals surface area contributed by atoms with Gasteiger partial charge < -0.3 is 4.74 Å². The molecule has 0 spiro atoms. The van der Waals surface area contributed by atoms with Crippen LogP contribution in [0.1, 0.15) is 36.8 Å². The largest absolute Gasteiger partial charge is 0.444 e. The SMILES string of the molecule is CN(C(=O)OC1CN2CCC1CC2)c1ccc2c(c1)CCCC2. The van der Waals surface area contributed by atoms with Crippen LogP contribution in [0.2, 0.25) is 0 Å². The minimum Gasteiger partial charge on any atom is -0.444 e. The van der Waals surface area contributed by atoms with Crippen molar-refractivity contribution in [1.82, 2.24) is 4.90 Å². The lowest BCUT2D eigenvalue weighted by Gasteiger charge is -2.44. The third-order valence-corrected chi connectivity index (χ3v) is 5.84. The van der Waals surface area contributed by atoms with Crippen molar-refractivity contribution in [3.63, 3.8) is 0 Å². The summed E-state index contributed by atoms with van der Waals surface area (Å²) < 4.78 is 5.83. The Morgan fingerprint density at radius 3 is 2.61 bits per heavy atom. The molecule has 4 aliphatic rings. The molecule has 1 unspecified atom stereocenters. The van der Waals surface area contributed by atoms with E-state index in [-0.39, 0.29) is 12.2 Å². The highest BCUT2D eigenvalue weighted by Gasteiger charge is 2.37. The van der Waals surface area contributed by atoms with Gasteiger partial charge in [-0.05, 0) is 80.8 Å². The third-order valence-electron chi connectivity index (χ3n) is 5.84. The number of aryl methyl sites for hydroxylation is 2. The number of carbonyl (C=O) groups is 1. The van der Waals surface area contributed by atoms with E-state index in [9.17, 15) is 4.79 Å². The molecular weight excluding hydrogens is 288 g/mol. The lowest BCUT2D eigenvalue weighted by atomic mass is 9.86. The lowest BCUT2D eigenvalue weighted by molar-refractivity contribution is -0.0307. The topological polar surface area (TPSA) is 32.8 Å². The third kappa shape index (κ3) is 2.97. The second-order valence-electron chi connectivity index (χ2n) is 7.28. The first-order valence-electron chi connectivity index (χ1n) is 8.99. The molecule has 1 atom stereocenters. The van der Waals surface area contributed by atoms with Crippen molar-refractivity contribution in [2.24, 2.45) is 5.92 Å². The number of hydrogen-bond acceptors (Lipinski definition) is 3. The van der Waals surface area contributed by atoms with Crippen molar-refractivity contribution in [3.05, 3.63) is 29.3 Å². The summed E-state index contributed by atoms with van der Waals surface area (Å²) in [6.07, 6.45) is 7.04. The van der Waals surface area contributed by atoms with E-state index in [1.165, 1.54) is 56.3 Å². The Hall–Kier alpha value is -1.55. The second kappa shape index (κ2) is 6.16. The zero-order valence-corrected chi connectivity index (χ0v) is 14.0. The molecule has 1 aromatic rings. The molecule has 23 heavy (non-hydrogen) atoms. The Bertz CT molecular complexity index is 593. The fourth-order valence-electron chi connectivity index (χ4n) is 4.29. The molecule has 2 bridgehead atoms. The van der Waals surface area contributed by atoms with Gasteiger partial charge >= 0.3 is 6.09 Å². The number of rotatable bonds is 2. The maximum Gasteiger partial charge on any atom is 0.414 e. The summed E-state index contributed by atoms with van der Waals surface area (Å²) in [5.41, 5.74) is 3.80. The zero-order chi connectivity index (χ0) is 15.8. The van der Waals surface area contributed by atoms with E-state index in [0.717, 1.165) is 18.7 Å². The zero-order valence-electron chi connectivity index (χ0n) is 14.0. The van der Waals surface area contributed by atoms with Crippen LogP contribution in [0.25, 0.3) is 0 Å². The van der Waals surface area contributed by atoms with Crippen LogP contribution in [0.5, 0.6) is 0 Å². The Balaban J connectivity index is 1.44. The van der Waals surface area contributed by atoms with Gasteiger partial charge in [-0.25, -0.2) is 4.79 Å². The highest BCUT2D eigenvalue weighted by Crippen LogP contribution is 2.31. The molecule has 4 heteroatoms. The molecule has 3 heterocycles. The lowest BCUT2D eigenvalue weighted by Crippen LogP contribution is -2.52. The van der Waals surface area contributed by atoms with Crippen molar-refractivity contribution < 1.29 is 9.53 Å². The predicted octanol–water partition coefficient (Wildman–Crippen LogP) is 3.23. The number of fused-ring (bicyclic) bond motifs is 4. The van der Waals surface area contributed by atoms with Gasteiger partial charge in [-0.15, -0.1) is 0 Å². The highest BCUT2D eigenvalue weighted by atomic mass is 16.6. The average Bonchev–Trinajstić information content (AvgIpc) is 2.61. The van der Waals surface area contributed by atoms with E-state index in [2.05, 4.69) is 23.1 Å². The number of ether oxygens (including phenoxy) is 1. The number of anilines is 1. The van der Waals surface area contributed by atoms with Gasteiger partial charge in [0.1, 0.15) is 6.10 Å².